The first-order chi connectivity index (χ1) is 16.4. The quantitative estimate of drug-likeness (QED) is 0.600. The van der Waals surface area contributed by atoms with Gasteiger partial charge in [-0.1, -0.05) is 39.3 Å². The molecule has 8 heteroatoms. The van der Waals surface area contributed by atoms with E-state index in [0.717, 1.165) is 5.69 Å². The predicted molar refractivity (Wildman–Crippen MR) is 134 cm³/mol. The van der Waals surface area contributed by atoms with Crippen LogP contribution in [-0.2, 0) is 4.79 Å². The Morgan fingerprint density at radius 1 is 1.14 bits per heavy atom. The number of nitriles is 1. The number of carboxylic acid groups (broad SMARTS) is 1. The summed E-state index contributed by atoms with van der Waals surface area (Å²) in [5.41, 5.74) is 1.18. The van der Waals surface area contributed by atoms with E-state index < -0.39 is 5.97 Å². The molecule has 0 unspecified atom stereocenters. The Morgan fingerprint density at radius 3 is 2.34 bits per heavy atom. The average Bonchev–Trinajstić information content (AvgIpc) is 3.31. The van der Waals surface area contributed by atoms with Crippen LogP contribution in [0.2, 0.25) is 5.02 Å². The minimum absolute atomic E-state index is 0.129. The number of amides is 1. The van der Waals surface area contributed by atoms with Crippen molar-refractivity contribution in [3.05, 3.63) is 58.6 Å². The van der Waals surface area contributed by atoms with E-state index in [9.17, 15) is 14.7 Å². The minimum Gasteiger partial charge on any atom is -0.489 e. The highest BCUT2D eigenvalue weighted by molar-refractivity contribution is 6.31. The standard InChI is InChI=1S/C27H30ClN3O4/c1-26(2)24(27(3,4)25(26)35-20-10-7-17(14-29)21(28)13-20)30-22(32)16-5-8-19(9-6-16)31-12-11-18(15-31)23(33)34/h5-10,13,18,24-25H,11-12,15H2,1-4H3,(H,30,32)(H,33,34)/t18-,24?,25?/m1/s1. The third-order valence-corrected chi connectivity index (χ3v) is 7.77. The van der Waals surface area contributed by atoms with Crippen LogP contribution in [-0.4, -0.2) is 42.2 Å². The molecule has 1 aliphatic carbocycles. The molecule has 2 aliphatic rings. The van der Waals surface area contributed by atoms with Crippen LogP contribution in [0.25, 0.3) is 0 Å². The van der Waals surface area contributed by atoms with Crippen LogP contribution >= 0.6 is 11.6 Å². The van der Waals surface area contributed by atoms with Gasteiger partial charge in [0, 0.05) is 47.3 Å². The Bertz CT molecular complexity index is 1170. The maximum atomic E-state index is 13.1. The number of halogens is 1. The lowest BCUT2D eigenvalue weighted by Gasteiger charge is -2.63. The zero-order chi connectivity index (χ0) is 25.5. The van der Waals surface area contributed by atoms with Gasteiger partial charge in [-0.3, -0.25) is 9.59 Å². The van der Waals surface area contributed by atoms with Crippen LogP contribution in [0.15, 0.2) is 42.5 Å². The Morgan fingerprint density at radius 2 is 1.80 bits per heavy atom. The number of hydrogen-bond acceptors (Lipinski definition) is 5. The molecular formula is C27H30ClN3O4. The van der Waals surface area contributed by atoms with Gasteiger partial charge in [0.25, 0.3) is 5.91 Å². The van der Waals surface area contributed by atoms with Gasteiger partial charge in [0.1, 0.15) is 17.9 Å². The van der Waals surface area contributed by atoms with Crippen molar-refractivity contribution in [3.8, 4) is 11.8 Å². The number of aliphatic carboxylic acids is 1. The second kappa shape index (κ2) is 9.09. The highest BCUT2D eigenvalue weighted by Gasteiger charge is 2.64. The highest BCUT2D eigenvalue weighted by atomic mass is 35.5. The smallest absolute Gasteiger partial charge is 0.308 e. The fourth-order valence-electron chi connectivity index (χ4n) is 5.83. The molecule has 2 aromatic rings. The van der Waals surface area contributed by atoms with Crippen molar-refractivity contribution in [2.75, 3.05) is 18.0 Å². The van der Waals surface area contributed by atoms with Crippen LogP contribution in [0.3, 0.4) is 0 Å². The lowest BCUT2D eigenvalue weighted by Crippen LogP contribution is -2.74. The maximum absolute atomic E-state index is 13.1. The molecule has 0 spiro atoms. The molecule has 1 saturated heterocycles. The number of nitrogens with one attached hydrogen (secondary N) is 1. The zero-order valence-corrected chi connectivity index (χ0v) is 21.1. The van der Waals surface area contributed by atoms with Crippen molar-refractivity contribution < 1.29 is 19.4 Å². The summed E-state index contributed by atoms with van der Waals surface area (Å²) in [5.74, 6) is -0.685. The second-order valence-electron chi connectivity index (χ2n) is 10.6. The molecule has 0 radical (unpaired) electrons. The lowest BCUT2D eigenvalue weighted by molar-refractivity contribution is -0.164. The van der Waals surface area contributed by atoms with Crippen LogP contribution in [0.1, 0.15) is 50.0 Å². The van der Waals surface area contributed by atoms with Crippen molar-refractivity contribution >= 4 is 29.2 Å². The van der Waals surface area contributed by atoms with Crippen LogP contribution in [0.5, 0.6) is 5.75 Å². The van der Waals surface area contributed by atoms with Gasteiger partial charge >= 0.3 is 5.97 Å². The monoisotopic (exact) mass is 495 g/mol. The molecule has 2 aromatic carbocycles. The van der Waals surface area contributed by atoms with Gasteiger partial charge < -0.3 is 20.1 Å². The minimum atomic E-state index is -0.765. The Hall–Kier alpha value is -3.24. The molecular weight excluding hydrogens is 466 g/mol. The normalized spacial score (nSPS) is 24.2. The van der Waals surface area contributed by atoms with Crippen molar-refractivity contribution in [1.29, 1.82) is 5.26 Å². The summed E-state index contributed by atoms with van der Waals surface area (Å²) in [6.45, 7) is 9.43. The molecule has 2 N–H and O–H groups in total. The summed E-state index contributed by atoms with van der Waals surface area (Å²) in [4.78, 5) is 26.3. The van der Waals surface area contributed by atoms with Gasteiger partial charge in [-0.05, 0) is 42.8 Å². The van der Waals surface area contributed by atoms with Gasteiger partial charge in [-0.15, -0.1) is 0 Å². The molecule has 0 aromatic heterocycles. The third-order valence-electron chi connectivity index (χ3n) is 7.46. The molecule has 7 nitrogen and oxygen atoms in total. The molecule has 1 amide bonds. The highest BCUT2D eigenvalue weighted by Crippen LogP contribution is 2.55. The molecule has 1 atom stereocenters. The predicted octanol–water partition coefficient (Wildman–Crippen LogP) is 4.73. The summed E-state index contributed by atoms with van der Waals surface area (Å²) in [6.07, 6.45) is 0.449. The molecule has 184 valence electrons. The molecule has 1 heterocycles. The largest absolute Gasteiger partial charge is 0.489 e. The first kappa shape index (κ1) is 24.9. The van der Waals surface area contributed by atoms with Gasteiger partial charge in [0.2, 0.25) is 0 Å². The summed E-state index contributed by atoms with van der Waals surface area (Å²) in [5, 5.41) is 21.8. The van der Waals surface area contributed by atoms with Crippen molar-refractivity contribution in [1.82, 2.24) is 5.32 Å². The Labute approximate surface area is 210 Å². The van der Waals surface area contributed by atoms with Crippen LogP contribution in [0, 0.1) is 28.1 Å². The van der Waals surface area contributed by atoms with Gasteiger partial charge in [-0.2, -0.15) is 5.26 Å². The van der Waals surface area contributed by atoms with E-state index in [1.54, 1.807) is 30.3 Å². The molecule has 2 fully saturated rings. The fourth-order valence-corrected chi connectivity index (χ4v) is 6.04. The zero-order valence-electron chi connectivity index (χ0n) is 20.3. The lowest BCUT2D eigenvalue weighted by atomic mass is 9.49. The molecule has 1 saturated carbocycles. The summed E-state index contributed by atoms with van der Waals surface area (Å²) in [6, 6.07) is 14.3. The van der Waals surface area contributed by atoms with Crippen molar-refractivity contribution in [2.24, 2.45) is 16.7 Å². The van der Waals surface area contributed by atoms with Crippen LogP contribution in [0.4, 0.5) is 5.69 Å². The van der Waals surface area contributed by atoms with Gasteiger partial charge in [0.15, 0.2) is 0 Å². The van der Waals surface area contributed by atoms with Gasteiger partial charge in [-0.25, -0.2) is 0 Å². The second-order valence-corrected chi connectivity index (χ2v) is 11.0. The van der Waals surface area contributed by atoms with E-state index in [-0.39, 0.29) is 34.8 Å². The molecule has 1 aliphatic heterocycles. The van der Waals surface area contributed by atoms with E-state index in [1.807, 2.05) is 23.1 Å². The van der Waals surface area contributed by atoms with E-state index in [4.69, 9.17) is 21.6 Å². The summed E-state index contributed by atoms with van der Waals surface area (Å²) < 4.78 is 6.28. The first-order valence-electron chi connectivity index (χ1n) is 11.7. The Balaban J connectivity index is 1.42. The summed E-state index contributed by atoms with van der Waals surface area (Å²) in [7, 11) is 0. The maximum Gasteiger partial charge on any atom is 0.308 e. The van der Waals surface area contributed by atoms with E-state index in [1.165, 1.54) is 0 Å². The Kier molecular flexibility index (Phi) is 6.46. The number of benzene rings is 2. The third kappa shape index (κ3) is 4.55. The van der Waals surface area contributed by atoms with Gasteiger partial charge in [0.05, 0.1) is 16.5 Å². The topological polar surface area (TPSA) is 103 Å². The number of nitrogens with zero attached hydrogens (tertiary/aromatic N) is 2. The number of rotatable bonds is 6. The molecule has 4 rings (SSSR count). The van der Waals surface area contributed by atoms with E-state index in [2.05, 4.69) is 33.0 Å². The average molecular weight is 496 g/mol. The van der Waals surface area contributed by atoms with Crippen LogP contribution < -0.4 is 15.0 Å². The summed E-state index contributed by atoms with van der Waals surface area (Å²) >= 11 is 6.17. The number of carbonyl (C=O) groups is 2. The molecule has 35 heavy (non-hydrogen) atoms. The van der Waals surface area contributed by atoms with Crippen molar-refractivity contribution in [3.63, 3.8) is 0 Å². The molecule has 0 bridgehead atoms. The SMILES string of the molecule is CC1(C)C(NC(=O)c2ccc(N3CC[C@@H](C(=O)O)C3)cc2)C(C)(C)C1Oc1ccc(C#N)c(Cl)c1. The number of carbonyl (C=O) groups excluding carboxylic acids is 1. The van der Waals surface area contributed by atoms with Crippen molar-refractivity contribution in [2.45, 2.75) is 46.3 Å². The first-order valence-corrected chi connectivity index (χ1v) is 12.1. The number of anilines is 1. The number of ether oxygens (including phenoxy) is 1. The van der Waals surface area contributed by atoms with E-state index >= 15 is 0 Å². The fraction of sp³-hybridized carbons (Fsp3) is 0.444. The number of hydrogen-bond donors (Lipinski definition) is 2. The van der Waals surface area contributed by atoms with E-state index in [0.29, 0.717) is 41.4 Å². The number of carboxylic acids is 1.